The lowest BCUT2D eigenvalue weighted by Gasteiger charge is -2.34. The molecule has 0 aromatic heterocycles. The second kappa shape index (κ2) is 23.9. The summed E-state index contributed by atoms with van der Waals surface area (Å²) in [6.07, 6.45) is 19.1. The van der Waals surface area contributed by atoms with Crippen LogP contribution >= 0.6 is 0 Å². The average molecular weight is 556 g/mol. The number of hydrogen-bond acceptors (Lipinski definition) is 7. The highest BCUT2D eigenvalue weighted by Crippen LogP contribution is 2.11. The van der Waals surface area contributed by atoms with Crippen LogP contribution in [0.2, 0.25) is 0 Å². The number of unbranched alkanes of at least 4 members (excludes halogenated alkanes) is 10. The highest BCUT2D eigenvalue weighted by Gasteiger charge is 2.25. The van der Waals surface area contributed by atoms with E-state index in [1.165, 1.54) is 38.5 Å². The van der Waals surface area contributed by atoms with E-state index in [-0.39, 0.29) is 42.7 Å². The molecule has 0 saturated heterocycles. The van der Waals surface area contributed by atoms with Gasteiger partial charge in [0.15, 0.2) is 6.10 Å². The molecule has 0 aliphatic rings. The molecule has 0 heterocycles. The Balaban J connectivity index is 4.32. The van der Waals surface area contributed by atoms with E-state index in [1.54, 1.807) is 21.1 Å². The molecular weight excluding hydrogens is 498 g/mol. The number of nitrogens with zero attached hydrogens (tertiary/aromatic N) is 1. The van der Waals surface area contributed by atoms with Crippen LogP contribution in [0.3, 0.4) is 0 Å². The zero-order valence-electron chi connectivity index (χ0n) is 25.5. The van der Waals surface area contributed by atoms with Gasteiger partial charge < -0.3 is 28.6 Å². The Morgan fingerprint density at radius 1 is 0.744 bits per heavy atom. The summed E-state index contributed by atoms with van der Waals surface area (Å²) in [4.78, 5) is 35.8. The molecule has 0 fully saturated rings. The molecule has 0 N–H and O–H groups in total. The van der Waals surface area contributed by atoms with Gasteiger partial charge in [-0.15, -0.1) is 0 Å². The molecule has 39 heavy (non-hydrogen) atoms. The zero-order chi connectivity index (χ0) is 29.4. The zero-order valence-corrected chi connectivity index (χ0v) is 25.5. The van der Waals surface area contributed by atoms with Crippen molar-refractivity contribution in [1.82, 2.24) is 0 Å². The number of carbonyl (C=O) groups is 3. The molecule has 0 amide bonds. The fourth-order valence-electron chi connectivity index (χ4n) is 4.16. The first-order valence-electron chi connectivity index (χ1n) is 15.2. The Morgan fingerprint density at radius 2 is 1.31 bits per heavy atom. The fourth-order valence-corrected chi connectivity index (χ4v) is 4.16. The van der Waals surface area contributed by atoms with E-state index < -0.39 is 18.1 Å². The topological polar surface area (TPSA) is 102 Å². The lowest BCUT2D eigenvalue weighted by Crippen LogP contribution is -2.55. The van der Waals surface area contributed by atoms with Gasteiger partial charge in [0.1, 0.15) is 12.6 Å². The van der Waals surface area contributed by atoms with Gasteiger partial charge in [0.05, 0.1) is 40.3 Å². The number of aliphatic carboxylic acids is 1. The van der Waals surface area contributed by atoms with E-state index >= 15 is 0 Å². The molecule has 228 valence electrons. The van der Waals surface area contributed by atoms with Gasteiger partial charge in [0.2, 0.25) is 0 Å². The SMILES string of the molecule is CCCCCC/C=C\CCCCCCCC(=O)OC(COCCC(C(=O)[O-])[N+](C)(C)C)COC(=O)CCCC. The van der Waals surface area contributed by atoms with E-state index in [0.29, 0.717) is 12.8 Å². The van der Waals surface area contributed by atoms with Crippen molar-refractivity contribution in [3.63, 3.8) is 0 Å². The molecule has 0 bridgehead atoms. The van der Waals surface area contributed by atoms with Crippen molar-refractivity contribution < 1.29 is 38.2 Å². The van der Waals surface area contributed by atoms with Crippen molar-refractivity contribution in [3.8, 4) is 0 Å². The number of likely N-dealkylation sites (N-methyl/N-ethyl adjacent to an activating group) is 1. The van der Waals surface area contributed by atoms with Crippen molar-refractivity contribution in [1.29, 1.82) is 0 Å². The molecule has 0 aliphatic carbocycles. The molecule has 0 rings (SSSR count). The quantitative estimate of drug-likeness (QED) is 0.0632. The van der Waals surface area contributed by atoms with Crippen molar-refractivity contribution in [2.45, 2.75) is 129 Å². The molecule has 8 nitrogen and oxygen atoms in total. The van der Waals surface area contributed by atoms with Crippen LogP contribution in [0.25, 0.3) is 0 Å². The summed E-state index contributed by atoms with van der Waals surface area (Å²) in [6.45, 7) is 4.36. The smallest absolute Gasteiger partial charge is 0.306 e. The maximum atomic E-state index is 12.4. The summed E-state index contributed by atoms with van der Waals surface area (Å²) in [7, 11) is 5.36. The van der Waals surface area contributed by atoms with Crippen LogP contribution in [0.4, 0.5) is 0 Å². The van der Waals surface area contributed by atoms with E-state index in [1.807, 2.05) is 6.92 Å². The summed E-state index contributed by atoms with van der Waals surface area (Å²) < 4.78 is 16.7. The summed E-state index contributed by atoms with van der Waals surface area (Å²) in [5.74, 6) is -1.79. The van der Waals surface area contributed by atoms with Gasteiger partial charge >= 0.3 is 11.9 Å². The van der Waals surface area contributed by atoms with E-state index in [9.17, 15) is 19.5 Å². The van der Waals surface area contributed by atoms with Gasteiger partial charge in [0.25, 0.3) is 0 Å². The molecule has 8 heteroatoms. The number of rotatable bonds is 26. The number of hydrogen-bond donors (Lipinski definition) is 0. The van der Waals surface area contributed by atoms with Gasteiger partial charge in [-0.1, -0.05) is 70.9 Å². The van der Waals surface area contributed by atoms with E-state index in [4.69, 9.17) is 14.2 Å². The lowest BCUT2D eigenvalue weighted by molar-refractivity contribution is -0.889. The number of allylic oxidation sites excluding steroid dienone is 2. The number of ether oxygens (including phenoxy) is 3. The minimum absolute atomic E-state index is 0.0375. The monoisotopic (exact) mass is 555 g/mol. The maximum Gasteiger partial charge on any atom is 0.306 e. The van der Waals surface area contributed by atoms with Crippen molar-refractivity contribution in [3.05, 3.63) is 12.2 Å². The Hall–Kier alpha value is -1.93. The van der Waals surface area contributed by atoms with Crippen molar-refractivity contribution in [2.75, 3.05) is 41.0 Å². The first-order chi connectivity index (χ1) is 18.6. The summed E-state index contributed by atoms with van der Waals surface area (Å²) in [5.41, 5.74) is 0. The van der Waals surface area contributed by atoms with Gasteiger partial charge in [-0.2, -0.15) is 0 Å². The largest absolute Gasteiger partial charge is 0.544 e. The summed E-state index contributed by atoms with van der Waals surface area (Å²) >= 11 is 0. The third-order valence-corrected chi connectivity index (χ3v) is 6.65. The maximum absolute atomic E-state index is 12.4. The highest BCUT2D eigenvalue weighted by molar-refractivity contribution is 5.70. The molecule has 0 radical (unpaired) electrons. The average Bonchev–Trinajstić information content (AvgIpc) is 2.87. The van der Waals surface area contributed by atoms with Crippen LogP contribution in [-0.2, 0) is 28.6 Å². The second-order valence-electron chi connectivity index (χ2n) is 11.3. The van der Waals surface area contributed by atoms with Gasteiger partial charge in [-0.25, -0.2) is 0 Å². The highest BCUT2D eigenvalue weighted by atomic mass is 16.6. The normalized spacial score (nSPS) is 13.4. The predicted octanol–water partition coefficient (Wildman–Crippen LogP) is 5.12. The molecule has 2 unspecified atom stereocenters. The Bertz CT molecular complexity index is 672. The van der Waals surface area contributed by atoms with Crippen LogP contribution in [0.5, 0.6) is 0 Å². The van der Waals surface area contributed by atoms with Crippen LogP contribution in [0.15, 0.2) is 12.2 Å². The number of carboxylic acids is 1. The molecule has 0 aromatic rings. The van der Waals surface area contributed by atoms with Crippen molar-refractivity contribution >= 4 is 17.9 Å². The second-order valence-corrected chi connectivity index (χ2v) is 11.3. The third kappa shape index (κ3) is 22.6. The molecular formula is C31H57NO7. The minimum atomic E-state index is -1.13. The van der Waals surface area contributed by atoms with E-state index in [0.717, 1.165) is 44.9 Å². The third-order valence-electron chi connectivity index (χ3n) is 6.65. The summed E-state index contributed by atoms with van der Waals surface area (Å²) in [5, 5.41) is 11.4. The standard InChI is InChI=1S/C31H57NO7/c1-6-8-10-11-12-13-14-15-16-17-18-19-20-22-30(34)39-27(26-38-29(33)21-9-7-2)25-37-24-23-28(31(35)36)32(3,4)5/h13-14,27-28H,6-12,15-26H2,1-5H3/b14-13-. The number of carbonyl (C=O) groups excluding carboxylic acids is 3. The number of carboxylic acid groups (broad SMARTS) is 1. The van der Waals surface area contributed by atoms with Crippen LogP contribution < -0.4 is 5.11 Å². The van der Waals surface area contributed by atoms with Crippen LogP contribution in [0, 0.1) is 0 Å². The molecule has 0 aromatic carbocycles. The Morgan fingerprint density at radius 3 is 1.90 bits per heavy atom. The molecule has 2 atom stereocenters. The minimum Gasteiger partial charge on any atom is -0.544 e. The lowest BCUT2D eigenvalue weighted by atomic mass is 10.1. The van der Waals surface area contributed by atoms with Gasteiger partial charge in [-0.05, 0) is 38.5 Å². The number of quaternary nitrogens is 1. The Labute approximate surface area is 238 Å². The van der Waals surface area contributed by atoms with Crippen LogP contribution in [-0.4, -0.2) is 75.5 Å². The van der Waals surface area contributed by atoms with Gasteiger partial charge in [0, 0.05) is 19.3 Å². The van der Waals surface area contributed by atoms with Crippen molar-refractivity contribution in [2.24, 2.45) is 0 Å². The molecule has 0 aliphatic heterocycles. The molecule has 0 saturated carbocycles. The summed E-state index contributed by atoms with van der Waals surface area (Å²) in [6, 6.07) is -0.718. The number of esters is 2. The fraction of sp³-hybridized carbons (Fsp3) is 0.839. The first kappa shape index (κ1) is 37.1. The van der Waals surface area contributed by atoms with Crippen LogP contribution in [0.1, 0.15) is 117 Å². The molecule has 0 spiro atoms. The predicted molar refractivity (Wildman–Crippen MR) is 153 cm³/mol. The first-order valence-corrected chi connectivity index (χ1v) is 15.2. The van der Waals surface area contributed by atoms with E-state index in [2.05, 4.69) is 19.1 Å². The van der Waals surface area contributed by atoms with Gasteiger partial charge in [-0.3, -0.25) is 9.59 Å². The Kier molecular flexibility index (Phi) is 22.7.